The maximum Gasteiger partial charge on any atom is 0.417 e. The third kappa shape index (κ3) is 3.26. The third-order valence-corrected chi connectivity index (χ3v) is 2.71. The van der Waals surface area contributed by atoms with Crippen LogP contribution in [0.15, 0.2) is 42.5 Å². The van der Waals surface area contributed by atoms with Gasteiger partial charge in [0.05, 0.1) is 24.3 Å². The molecule has 21 heavy (non-hydrogen) atoms. The van der Waals surface area contributed by atoms with Gasteiger partial charge in [0.1, 0.15) is 5.75 Å². The fourth-order valence-electron chi connectivity index (χ4n) is 1.76. The number of hydrogen-bond donors (Lipinski definition) is 0. The highest BCUT2D eigenvalue weighted by molar-refractivity contribution is 5.48. The number of nitrogens with zero attached hydrogens (tertiary/aromatic N) is 1. The van der Waals surface area contributed by atoms with Gasteiger partial charge in [-0.15, -0.1) is 0 Å². The first-order chi connectivity index (χ1) is 9.95. The van der Waals surface area contributed by atoms with Crippen LogP contribution in [0.4, 0.5) is 13.2 Å². The number of hydrogen-bond acceptors (Lipinski definition) is 3. The minimum atomic E-state index is -4.58. The highest BCUT2D eigenvalue weighted by atomic mass is 19.4. The Morgan fingerprint density at radius 1 is 1.05 bits per heavy atom. The molecule has 0 aliphatic rings. The first-order valence-electron chi connectivity index (χ1n) is 5.88. The quantitative estimate of drug-likeness (QED) is 0.843. The van der Waals surface area contributed by atoms with Crippen LogP contribution in [-0.4, -0.2) is 7.11 Å². The van der Waals surface area contributed by atoms with Gasteiger partial charge < -0.3 is 9.47 Å². The van der Waals surface area contributed by atoms with Crippen molar-refractivity contribution in [3.8, 4) is 23.3 Å². The zero-order chi connectivity index (χ0) is 15.5. The molecule has 0 amide bonds. The normalized spacial score (nSPS) is 10.8. The van der Waals surface area contributed by atoms with Crippen molar-refractivity contribution in [3.63, 3.8) is 0 Å². The highest BCUT2D eigenvalue weighted by Crippen LogP contribution is 2.36. The van der Waals surface area contributed by atoms with Crippen LogP contribution in [0.5, 0.6) is 17.2 Å². The van der Waals surface area contributed by atoms with Gasteiger partial charge >= 0.3 is 6.18 Å². The first kappa shape index (κ1) is 14.7. The highest BCUT2D eigenvalue weighted by Gasteiger charge is 2.33. The van der Waals surface area contributed by atoms with Gasteiger partial charge in [-0.05, 0) is 30.3 Å². The molecule has 0 fully saturated rings. The van der Waals surface area contributed by atoms with Crippen molar-refractivity contribution in [3.05, 3.63) is 53.6 Å². The van der Waals surface area contributed by atoms with Gasteiger partial charge in [0, 0.05) is 0 Å². The molecule has 0 atom stereocenters. The Bertz CT molecular complexity index is 690. The van der Waals surface area contributed by atoms with Crippen molar-refractivity contribution in [2.75, 3.05) is 7.11 Å². The average Bonchev–Trinajstić information content (AvgIpc) is 2.46. The van der Waals surface area contributed by atoms with Gasteiger partial charge in [0.2, 0.25) is 0 Å². The fourth-order valence-corrected chi connectivity index (χ4v) is 1.76. The summed E-state index contributed by atoms with van der Waals surface area (Å²) in [6.45, 7) is 0. The second-order valence-electron chi connectivity index (χ2n) is 4.07. The fraction of sp³-hybridized carbons (Fsp3) is 0.133. The number of ether oxygens (including phenoxy) is 2. The lowest BCUT2D eigenvalue weighted by atomic mass is 10.1. The van der Waals surface area contributed by atoms with Crippen molar-refractivity contribution in [1.82, 2.24) is 0 Å². The minimum absolute atomic E-state index is 0.129. The van der Waals surface area contributed by atoms with E-state index in [4.69, 9.17) is 14.7 Å². The van der Waals surface area contributed by atoms with Crippen LogP contribution >= 0.6 is 0 Å². The Hall–Kier alpha value is -2.68. The summed E-state index contributed by atoms with van der Waals surface area (Å²) < 4.78 is 48.7. The van der Waals surface area contributed by atoms with E-state index in [1.807, 2.05) is 0 Å². The molecular weight excluding hydrogens is 283 g/mol. The van der Waals surface area contributed by atoms with Crippen molar-refractivity contribution in [2.24, 2.45) is 0 Å². The summed E-state index contributed by atoms with van der Waals surface area (Å²) in [5.74, 6) is 0.920. The summed E-state index contributed by atoms with van der Waals surface area (Å²) in [5.41, 5.74) is -1.48. The predicted molar refractivity (Wildman–Crippen MR) is 69.2 cm³/mol. The molecule has 108 valence electrons. The van der Waals surface area contributed by atoms with Gasteiger partial charge in [-0.3, -0.25) is 0 Å². The van der Waals surface area contributed by atoms with E-state index in [1.54, 1.807) is 24.3 Å². The lowest BCUT2D eigenvalue weighted by Crippen LogP contribution is -2.07. The standard InChI is InChI=1S/C15H10F3NO2/c1-20-13-4-2-3-5-14(13)21-11-6-7-12(15(16,17)18)10(8-11)9-19/h2-8H,1H3. The lowest BCUT2D eigenvalue weighted by molar-refractivity contribution is -0.137. The second-order valence-corrected chi connectivity index (χ2v) is 4.07. The summed E-state index contributed by atoms with van der Waals surface area (Å²) in [4.78, 5) is 0. The van der Waals surface area contributed by atoms with E-state index >= 15 is 0 Å². The van der Waals surface area contributed by atoms with Crippen LogP contribution in [0, 0.1) is 11.3 Å². The number of halogens is 3. The molecule has 0 aliphatic carbocycles. The van der Waals surface area contributed by atoms with E-state index in [9.17, 15) is 13.2 Å². The van der Waals surface area contributed by atoms with Crippen LogP contribution in [-0.2, 0) is 6.18 Å². The molecule has 0 unspecified atom stereocenters. The Morgan fingerprint density at radius 2 is 1.71 bits per heavy atom. The summed E-state index contributed by atoms with van der Waals surface area (Å²) in [6.07, 6.45) is -4.58. The molecule has 0 bridgehead atoms. The van der Waals surface area contributed by atoms with Crippen LogP contribution in [0.2, 0.25) is 0 Å². The predicted octanol–water partition coefficient (Wildman–Crippen LogP) is 4.38. The van der Waals surface area contributed by atoms with Crippen molar-refractivity contribution >= 4 is 0 Å². The van der Waals surface area contributed by atoms with E-state index in [0.29, 0.717) is 11.5 Å². The van der Waals surface area contributed by atoms with Gasteiger partial charge in [0.25, 0.3) is 0 Å². The Kier molecular flexibility index (Phi) is 4.03. The molecular formula is C15H10F3NO2. The average molecular weight is 293 g/mol. The maximum atomic E-state index is 12.7. The molecule has 0 radical (unpaired) electrons. The smallest absolute Gasteiger partial charge is 0.417 e. The molecule has 0 heterocycles. The van der Waals surface area contributed by atoms with E-state index in [-0.39, 0.29) is 5.75 Å². The summed E-state index contributed by atoms with van der Waals surface area (Å²) >= 11 is 0. The van der Waals surface area contributed by atoms with Crippen LogP contribution < -0.4 is 9.47 Å². The zero-order valence-corrected chi connectivity index (χ0v) is 10.9. The SMILES string of the molecule is COc1ccccc1Oc1ccc(C(F)(F)F)c(C#N)c1. The molecule has 6 heteroatoms. The Morgan fingerprint density at radius 3 is 2.29 bits per heavy atom. The maximum absolute atomic E-state index is 12.7. The van der Waals surface area contributed by atoms with Crippen molar-refractivity contribution in [2.45, 2.75) is 6.18 Å². The molecule has 0 N–H and O–H groups in total. The summed E-state index contributed by atoms with van der Waals surface area (Å²) in [6, 6.07) is 11.3. The Balaban J connectivity index is 2.37. The van der Waals surface area contributed by atoms with E-state index in [1.165, 1.54) is 13.2 Å². The molecule has 0 saturated heterocycles. The van der Waals surface area contributed by atoms with Gasteiger partial charge in [-0.25, -0.2) is 0 Å². The van der Waals surface area contributed by atoms with E-state index in [2.05, 4.69) is 0 Å². The Labute approximate surface area is 119 Å². The number of methoxy groups -OCH3 is 1. The van der Waals surface area contributed by atoms with Crippen molar-refractivity contribution < 1.29 is 22.6 Å². The van der Waals surface area contributed by atoms with Crippen LogP contribution in [0.1, 0.15) is 11.1 Å². The molecule has 0 spiro atoms. The van der Waals surface area contributed by atoms with Crippen LogP contribution in [0.25, 0.3) is 0 Å². The number of benzene rings is 2. The number of para-hydroxylation sites is 2. The zero-order valence-electron chi connectivity index (χ0n) is 10.9. The number of rotatable bonds is 3. The molecule has 0 aliphatic heterocycles. The molecule has 2 aromatic rings. The minimum Gasteiger partial charge on any atom is -0.493 e. The van der Waals surface area contributed by atoms with Gasteiger partial charge in [-0.2, -0.15) is 18.4 Å². The van der Waals surface area contributed by atoms with Gasteiger partial charge in [0.15, 0.2) is 11.5 Å². The third-order valence-electron chi connectivity index (χ3n) is 2.71. The largest absolute Gasteiger partial charge is 0.493 e. The van der Waals surface area contributed by atoms with Crippen molar-refractivity contribution in [1.29, 1.82) is 5.26 Å². The lowest BCUT2D eigenvalue weighted by Gasteiger charge is -2.12. The van der Waals surface area contributed by atoms with Gasteiger partial charge in [-0.1, -0.05) is 12.1 Å². The molecule has 0 aromatic heterocycles. The molecule has 2 rings (SSSR count). The topological polar surface area (TPSA) is 42.2 Å². The molecule has 3 nitrogen and oxygen atoms in total. The molecule has 0 saturated carbocycles. The summed E-state index contributed by atoms with van der Waals surface area (Å²) in [7, 11) is 1.45. The van der Waals surface area contributed by atoms with E-state index < -0.39 is 17.3 Å². The number of nitriles is 1. The van der Waals surface area contributed by atoms with Crippen LogP contribution in [0.3, 0.4) is 0 Å². The first-order valence-corrected chi connectivity index (χ1v) is 5.88. The van der Waals surface area contributed by atoms with E-state index in [0.717, 1.165) is 18.2 Å². The monoisotopic (exact) mass is 293 g/mol. The molecule has 2 aromatic carbocycles. The summed E-state index contributed by atoms with van der Waals surface area (Å²) in [5, 5.41) is 8.84. The second kappa shape index (κ2) is 5.75. The number of alkyl halides is 3.